The van der Waals surface area contributed by atoms with Gasteiger partial charge in [0.2, 0.25) is 10.0 Å². The molecule has 2 N–H and O–H groups in total. The summed E-state index contributed by atoms with van der Waals surface area (Å²) in [6, 6.07) is 13.0. The van der Waals surface area contributed by atoms with Crippen LogP contribution in [-0.4, -0.2) is 33.8 Å². The van der Waals surface area contributed by atoms with Crippen molar-refractivity contribution in [3.8, 4) is 5.75 Å². The van der Waals surface area contributed by atoms with Gasteiger partial charge < -0.3 is 9.84 Å². The summed E-state index contributed by atoms with van der Waals surface area (Å²) < 4.78 is 45.8. The SMILES string of the molecule is COc1ccc(F)cc1S(=O)(=O)NCC[C@@H](CCO)c1ccccc1. The zero-order valence-corrected chi connectivity index (χ0v) is 14.8. The Balaban J connectivity index is 2.08. The molecular formula is C18H22FNO4S. The normalized spacial score (nSPS) is 12.8. The number of sulfonamides is 1. The van der Waals surface area contributed by atoms with Crippen molar-refractivity contribution < 1.29 is 22.7 Å². The standard InChI is InChI=1S/C18H22FNO4S/c1-24-17-8-7-16(19)13-18(17)25(22,23)20-11-9-15(10-12-21)14-5-3-2-4-6-14/h2-8,13,15,20-21H,9-12H2,1H3/t15-/m0/s1. The van der Waals surface area contributed by atoms with Crippen LogP contribution in [0.2, 0.25) is 0 Å². The van der Waals surface area contributed by atoms with Crippen molar-refractivity contribution in [2.45, 2.75) is 23.7 Å². The van der Waals surface area contributed by atoms with Crippen LogP contribution in [0.4, 0.5) is 4.39 Å². The monoisotopic (exact) mass is 367 g/mol. The second kappa shape index (κ2) is 8.94. The molecule has 0 aromatic heterocycles. The Bertz CT molecular complexity index is 781. The van der Waals surface area contributed by atoms with E-state index in [2.05, 4.69) is 4.72 Å². The fourth-order valence-electron chi connectivity index (χ4n) is 2.66. The molecule has 0 spiro atoms. The minimum Gasteiger partial charge on any atom is -0.495 e. The number of hydrogen-bond acceptors (Lipinski definition) is 4. The number of aliphatic hydroxyl groups excluding tert-OH is 1. The molecule has 0 radical (unpaired) electrons. The molecule has 0 bridgehead atoms. The first-order valence-corrected chi connectivity index (χ1v) is 9.45. The van der Waals surface area contributed by atoms with E-state index in [0.29, 0.717) is 12.8 Å². The summed E-state index contributed by atoms with van der Waals surface area (Å²) in [5.74, 6) is -0.532. The van der Waals surface area contributed by atoms with Gasteiger partial charge in [0, 0.05) is 13.2 Å². The summed E-state index contributed by atoms with van der Waals surface area (Å²) >= 11 is 0. The van der Waals surface area contributed by atoms with E-state index in [4.69, 9.17) is 4.74 Å². The number of methoxy groups -OCH3 is 1. The Morgan fingerprint density at radius 1 is 1.16 bits per heavy atom. The van der Waals surface area contributed by atoms with Crippen molar-refractivity contribution in [1.29, 1.82) is 0 Å². The van der Waals surface area contributed by atoms with Crippen LogP contribution in [0.3, 0.4) is 0 Å². The first kappa shape index (κ1) is 19.4. The van der Waals surface area contributed by atoms with Gasteiger partial charge in [0.1, 0.15) is 16.5 Å². The highest BCUT2D eigenvalue weighted by atomic mass is 32.2. The van der Waals surface area contributed by atoms with E-state index in [-0.39, 0.29) is 29.7 Å². The number of hydrogen-bond donors (Lipinski definition) is 2. The van der Waals surface area contributed by atoms with Crippen molar-refractivity contribution >= 4 is 10.0 Å². The lowest BCUT2D eigenvalue weighted by molar-refractivity contribution is 0.273. The van der Waals surface area contributed by atoms with Gasteiger partial charge >= 0.3 is 0 Å². The van der Waals surface area contributed by atoms with Crippen LogP contribution in [-0.2, 0) is 10.0 Å². The molecule has 5 nitrogen and oxygen atoms in total. The van der Waals surface area contributed by atoms with E-state index in [1.807, 2.05) is 30.3 Å². The van der Waals surface area contributed by atoms with E-state index in [0.717, 1.165) is 17.7 Å². The molecule has 25 heavy (non-hydrogen) atoms. The number of halogens is 1. The lowest BCUT2D eigenvalue weighted by atomic mass is 9.93. The summed E-state index contributed by atoms with van der Waals surface area (Å²) in [6.45, 7) is 0.186. The van der Waals surface area contributed by atoms with Gasteiger partial charge in [0.05, 0.1) is 7.11 Å². The Labute approximate surface area is 147 Å². The fraction of sp³-hybridized carbons (Fsp3) is 0.333. The van der Waals surface area contributed by atoms with Gasteiger partial charge in [-0.25, -0.2) is 17.5 Å². The predicted octanol–water partition coefficient (Wildman–Crippen LogP) is 2.67. The van der Waals surface area contributed by atoms with Crippen molar-refractivity contribution in [3.63, 3.8) is 0 Å². The number of ether oxygens (including phenoxy) is 1. The Morgan fingerprint density at radius 2 is 1.88 bits per heavy atom. The molecule has 0 aliphatic heterocycles. The van der Waals surface area contributed by atoms with Gasteiger partial charge in [-0.05, 0) is 42.5 Å². The van der Waals surface area contributed by atoms with Crippen molar-refractivity contribution in [2.24, 2.45) is 0 Å². The third-order valence-corrected chi connectivity index (χ3v) is 5.43. The number of aliphatic hydroxyl groups is 1. The van der Waals surface area contributed by atoms with E-state index in [1.165, 1.54) is 13.2 Å². The third-order valence-electron chi connectivity index (χ3n) is 3.95. The lowest BCUT2D eigenvalue weighted by Crippen LogP contribution is -2.26. The summed E-state index contributed by atoms with van der Waals surface area (Å²) in [4.78, 5) is -0.228. The molecule has 0 amide bonds. The Morgan fingerprint density at radius 3 is 2.52 bits per heavy atom. The lowest BCUT2D eigenvalue weighted by Gasteiger charge is -2.17. The second-order valence-electron chi connectivity index (χ2n) is 5.60. The molecule has 0 unspecified atom stereocenters. The summed E-state index contributed by atoms with van der Waals surface area (Å²) in [7, 11) is -2.56. The molecular weight excluding hydrogens is 345 g/mol. The summed E-state index contributed by atoms with van der Waals surface area (Å²) in [5, 5.41) is 9.24. The highest BCUT2D eigenvalue weighted by Gasteiger charge is 2.21. The van der Waals surface area contributed by atoms with Crippen LogP contribution >= 0.6 is 0 Å². The van der Waals surface area contributed by atoms with Gasteiger partial charge in [-0.15, -0.1) is 0 Å². The molecule has 2 aromatic carbocycles. The molecule has 2 aromatic rings. The maximum atomic E-state index is 13.4. The quantitative estimate of drug-likeness (QED) is 0.714. The van der Waals surface area contributed by atoms with Crippen LogP contribution in [0, 0.1) is 5.82 Å². The molecule has 0 saturated carbocycles. The Kier molecular flexibility index (Phi) is 6.92. The molecule has 0 aliphatic carbocycles. The van der Waals surface area contributed by atoms with Gasteiger partial charge in [0.25, 0.3) is 0 Å². The topological polar surface area (TPSA) is 75.6 Å². The number of benzene rings is 2. The largest absolute Gasteiger partial charge is 0.495 e. The maximum Gasteiger partial charge on any atom is 0.244 e. The molecule has 2 rings (SSSR count). The number of rotatable bonds is 9. The van der Waals surface area contributed by atoms with Gasteiger partial charge in [-0.1, -0.05) is 30.3 Å². The molecule has 0 saturated heterocycles. The third kappa shape index (κ3) is 5.26. The predicted molar refractivity (Wildman–Crippen MR) is 93.6 cm³/mol. The fourth-order valence-corrected chi connectivity index (χ4v) is 3.89. The minimum atomic E-state index is -3.90. The molecule has 0 aliphatic rings. The van der Waals surface area contributed by atoms with Crippen LogP contribution in [0.1, 0.15) is 24.3 Å². The molecule has 0 fully saturated rings. The maximum absolute atomic E-state index is 13.4. The smallest absolute Gasteiger partial charge is 0.244 e. The van der Waals surface area contributed by atoms with Crippen LogP contribution < -0.4 is 9.46 Å². The molecule has 136 valence electrons. The van der Waals surface area contributed by atoms with Gasteiger partial charge in [-0.3, -0.25) is 0 Å². The first-order chi connectivity index (χ1) is 12.0. The van der Waals surface area contributed by atoms with E-state index in [9.17, 15) is 17.9 Å². The zero-order valence-electron chi connectivity index (χ0n) is 14.0. The first-order valence-electron chi connectivity index (χ1n) is 7.97. The van der Waals surface area contributed by atoms with Gasteiger partial charge in [-0.2, -0.15) is 0 Å². The van der Waals surface area contributed by atoms with Crippen LogP contribution in [0.25, 0.3) is 0 Å². The summed E-state index contributed by atoms with van der Waals surface area (Å²) in [5.41, 5.74) is 1.04. The second-order valence-corrected chi connectivity index (χ2v) is 7.34. The van der Waals surface area contributed by atoms with E-state index >= 15 is 0 Å². The van der Waals surface area contributed by atoms with Crippen molar-refractivity contribution in [2.75, 3.05) is 20.3 Å². The molecule has 7 heteroatoms. The molecule has 1 atom stereocenters. The van der Waals surface area contributed by atoms with Gasteiger partial charge in [0.15, 0.2) is 0 Å². The minimum absolute atomic E-state index is 0.0179. The average Bonchev–Trinajstić information content (AvgIpc) is 2.61. The zero-order chi connectivity index (χ0) is 18.3. The van der Waals surface area contributed by atoms with Crippen molar-refractivity contribution in [1.82, 2.24) is 4.72 Å². The molecule has 0 heterocycles. The van der Waals surface area contributed by atoms with E-state index in [1.54, 1.807) is 0 Å². The summed E-state index contributed by atoms with van der Waals surface area (Å²) in [6.07, 6.45) is 1.05. The number of nitrogens with one attached hydrogen (secondary N) is 1. The highest BCUT2D eigenvalue weighted by Crippen LogP contribution is 2.25. The average molecular weight is 367 g/mol. The van der Waals surface area contributed by atoms with Crippen LogP contribution in [0.5, 0.6) is 5.75 Å². The van der Waals surface area contributed by atoms with Crippen molar-refractivity contribution in [3.05, 3.63) is 59.9 Å². The van der Waals surface area contributed by atoms with Crippen LogP contribution in [0.15, 0.2) is 53.4 Å². The highest BCUT2D eigenvalue weighted by molar-refractivity contribution is 7.89. The van der Waals surface area contributed by atoms with E-state index < -0.39 is 15.8 Å². The Hall–Kier alpha value is -1.96.